The predicted molar refractivity (Wildman–Crippen MR) is 119 cm³/mol. The Balaban J connectivity index is 1.48. The lowest BCUT2D eigenvalue weighted by atomic mass is 10.00. The van der Waals surface area contributed by atoms with Gasteiger partial charge in [-0.2, -0.15) is 0 Å². The van der Waals surface area contributed by atoms with E-state index in [9.17, 15) is 4.79 Å². The fourth-order valence-corrected chi connectivity index (χ4v) is 3.35. The average molecular weight is 411 g/mol. The van der Waals surface area contributed by atoms with Crippen LogP contribution in [0.5, 0.6) is 5.75 Å². The third-order valence-corrected chi connectivity index (χ3v) is 4.97. The van der Waals surface area contributed by atoms with Crippen LogP contribution in [0, 0.1) is 0 Å². The molecule has 0 bridgehead atoms. The Labute approximate surface area is 178 Å². The first kappa shape index (κ1) is 21.6. The van der Waals surface area contributed by atoms with Gasteiger partial charge in [0.1, 0.15) is 5.75 Å². The van der Waals surface area contributed by atoms with Gasteiger partial charge in [-0.3, -0.25) is 9.79 Å². The molecule has 2 aromatic carbocycles. The number of hydrogen-bond donors (Lipinski definition) is 2. The number of benzene rings is 2. The van der Waals surface area contributed by atoms with Gasteiger partial charge < -0.3 is 25.0 Å². The minimum atomic E-state index is 0.0580. The molecule has 0 aliphatic carbocycles. The highest BCUT2D eigenvalue weighted by Gasteiger charge is 2.20. The molecule has 0 saturated carbocycles. The first-order valence-electron chi connectivity index (χ1n) is 10.2. The van der Waals surface area contributed by atoms with Gasteiger partial charge in [0.25, 0.3) is 0 Å². The molecule has 1 aliphatic heterocycles. The molecule has 160 valence electrons. The molecule has 2 aromatic rings. The van der Waals surface area contributed by atoms with Crippen LogP contribution < -0.4 is 15.4 Å². The Bertz CT molecular complexity index is 869. The number of carbonyl (C=O) groups excluding carboxylic acids is 1. The lowest BCUT2D eigenvalue weighted by Crippen LogP contribution is -2.44. The van der Waals surface area contributed by atoms with E-state index in [4.69, 9.17) is 9.47 Å². The van der Waals surface area contributed by atoms with E-state index in [1.165, 1.54) is 11.1 Å². The number of rotatable bonds is 8. The molecule has 0 fully saturated rings. The van der Waals surface area contributed by atoms with E-state index in [2.05, 4.69) is 27.8 Å². The number of methoxy groups -OCH3 is 1. The highest BCUT2D eigenvalue weighted by molar-refractivity contribution is 5.96. The molecular weight excluding hydrogens is 380 g/mol. The van der Waals surface area contributed by atoms with E-state index in [0.717, 1.165) is 30.8 Å². The van der Waals surface area contributed by atoms with Crippen molar-refractivity contribution < 1.29 is 14.3 Å². The summed E-state index contributed by atoms with van der Waals surface area (Å²) < 4.78 is 10.8. The standard InChI is InChI=1S/C23H30N4O3/c1-24-23(26-20-9-5-10-21(15-20)30-14-6-13-29-2)25-16-22(28)27-12-11-18-7-3-4-8-19(18)17-27/h3-5,7-10,15H,6,11-14,16-17H2,1-2H3,(H2,24,25,26). The summed E-state index contributed by atoms with van der Waals surface area (Å²) in [5.41, 5.74) is 3.39. The maximum absolute atomic E-state index is 12.7. The van der Waals surface area contributed by atoms with Crippen LogP contribution in [0.3, 0.4) is 0 Å². The molecule has 0 unspecified atom stereocenters. The van der Waals surface area contributed by atoms with Crippen molar-refractivity contribution in [1.29, 1.82) is 0 Å². The van der Waals surface area contributed by atoms with Crippen molar-refractivity contribution in [3.63, 3.8) is 0 Å². The van der Waals surface area contributed by atoms with Crippen LogP contribution in [-0.4, -0.2) is 57.2 Å². The smallest absolute Gasteiger partial charge is 0.242 e. The molecule has 7 heteroatoms. The van der Waals surface area contributed by atoms with E-state index in [1.54, 1.807) is 14.2 Å². The summed E-state index contributed by atoms with van der Waals surface area (Å²) in [7, 11) is 3.36. The number of anilines is 1. The molecule has 1 amide bonds. The molecule has 7 nitrogen and oxygen atoms in total. The molecule has 2 N–H and O–H groups in total. The first-order chi connectivity index (χ1) is 14.7. The van der Waals surface area contributed by atoms with Gasteiger partial charge in [-0.1, -0.05) is 30.3 Å². The number of hydrogen-bond acceptors (Lipinski definition) is 4. The number of carbonyl (C=O) groups is 1. The second kappa shape index (κ2) is 11.2. The van der Waals surface area contributed by atoms with Gasteiger partial charge in [-0.05, 0) is 29.7 Å². The fraction of sp³-hybridized carbons (Fsp3) is 0.391. The Morgan fingerprint density at radius 1 is 1.13 bits per heavy atom. The van der Waals surface area contributed by atoms with E-state index < -0.39 is 0 Å². The van der Waals surface area contributed by atoms with Crippen molar-refractivity contribution in [1.82, 2.24) is 10.2 Å². The molecule has 1 aliphatic rings. The number of aliphatic imine (C=N–C) groups is 1. The molecule has 0 atom stereocenters. The van der Waals surface area contributed by atoms with Crippen molar-refractivity contribution in [3.05, 3.63) is 59.7 Å². The van der Waals surface area contributed by atoms with Gasteiger partial charge in [-0.15, -0.1) is 0 Å². The second-order valence-corrected chi connectivity index (χ2v) is 7.11. The fourth-order valence-electron chi connectivity index (χ4n) is 3.35. The monoisotopic (exact) mass is 410 g/mol. The Morgan fingerprint density at radius 3 is 2.77 bits per heavy atom. The van der Waals surface area contributed by atoms with Crippen LogP contribution in [0.2, 0.25) is 0 Å². The third-order valence-electron chi connectivity index (χ3n) is 4.97. The van der Waals surface area contributed by atoms with Crippen molar-refractivity contribution in [3.8, 4) is 5.75 Å². The quantitative estimate of drug-likeness (QED) is 0.398. The van der Waals surface area contributed by atoms with Gasteiger partial charge in [0.15, 0.2) is 5.96 Å². The van der Waals surface area contributed by atoms with Gasteiger partial charge in [0.05, 0.1) is 13.2 Å². The highest BCUT2D eigenvalue weighted by Crippen LogP contribution is 2.19. The SMILES string of the molecule is CN=C(NCC(=O)N1CCc2ccccc2C1)Nc1cccc(OCCCOC)c1. The number of nitrogens with one attached hydrogen (secondary N) is 2. The molecule has 0 radical (unpaired) electrons. The van der Waals surface area contributed by atoms with Crippen LogP contribution in [0.4, 0.5) is 5.69 Å². The molecule has 30 heavy (non-hydrogen) atoms. The number of guanidine groups is 1. The summed E-state index contributed by atoms with van der Waals surface area (Å²) in [6.45, 7) is 2.86. The lowest BCUT2D eigenvalue weighted by Gasteiger charge is -2.29. The van der Waals surface area contributed by atoms with E-state index in [0.29, 0.717) is 25.7 Å². The number of ether oxygens (including phenoxy) is 2. The van der Waals surface area contributed by atoms with E-state index in [1.807, 2.05) is 41.3 Å². The van der Waals surface area contributed by atoms with Crippen molar-refractivity contribution in [2.45, 2.75) is 19.4 Å². The maximum Gasteiger partial charge on any atom is 0.242 e. The predicted octanol–water partition coefficient (Wildman–Crippen LogP) is 2.67. The van der Waals surface area contributed by atoms with Crippen molar-refractivity contribution >= 4 is 17.6 Å². The zero-order valence-electron chi connectivity index (χ0n) is 17.7. The van der Waals surface area contributed by atoms with Crippen molar-refractivity contribution in [2.24, 2.45) is 4.99 Å². The normalized spacial score (nSPS) is 13.5. The van der Waals surface area contributed by atoms with Gasteiger partial charge in [0, 0.05) is 52.0 Å². The topological polar surface area (TPSA) is 75.2 Å². The summed E-state index contributed by atoms with van der Waals surface area (Å²) in [6.07, 6.45) is 1.73. The Morgan fingerprint density at radius 2 is 1.97 bits per heavy atom. The van der Waals surface area contributed by atoms with Gasteiger partial charge in [-0.25, -0.2) is 0 Å². The molecule has 3 rings (SSSR count). The largest absolute Gasteiger partial charge is 0.493 e. The van der Waals surface area contributed by atoms with Gasteiger partial charge in [0.2, 0.25) is 5.91 Å². The number of amides is 1. The summed E-state index contributed by atoms with van der Waals surface area (Å²) in [4.78, 5) is 18.8. The number of fused-ring (bicyclic) bond motifs is 1. The first-order valence-corrected chi connectivity index (χ1v) is 10.2. The minimum absolute atomic E-state index is 0.0580. The van der Waals surface area contributed by atoms with Crippen LogP contribution in [-0.2, 0) is 22.5 Å². The second-order valence-electron chi connectivity index (χ2n) is 7.11. The molecule has 0 saturated heterocycles. The average Bonchev–Trinajstić information content (AvgIpc) is 2.79. The summed E-state index contributed by atoms with van der Waals surface area (Å²) >= 11 is 0. The molecule has 0 aromatic heterocycles. The van der Waals surface area contributed by atoms with E-state index >= 15 is 0 Å². The van der Waals surface area contributed by atoms with E-state index in [-0.39, 0.29) is 12.5 Å². The van der Waals surface area contributed by atoms with Crippen LogP contribution in [0.25, 0.3) is 0 Å². The zero-order valence-corrected chi connectivity index (χ0v) is 17.7. The number of nitrogens with zero attached hydrogens (tertiary/aromatic N) is 2. The molecular formula is C23H30N4O3. The zero-order chi connectivity index (χ0) is 21.2. The minimum Gasteiger partial charge on any atom is -0.493 e. The van der Waals surface area contributed by atoms with Gasteiger partial charge >= 0.3 is 0 Å². The Kier molecular flexibility index (Phi) is 8.09. The maximum atomic E-state index is 12.7. The van der Waals surface area contributed by atoms with Crippen LogP contribution in [0.1, 0.15) is 17.5 Å². The lowest BCUT2D eigenvalue weighted by molar-refractivity contribution is -0.130. The summed E-state index contributed by atoms with van der Waals surface area (Å²) in [5, 5.41) is 6.32. The highest BCUT2D eigenvalue weighted by atomic mass is 16.5. The third kappa shape index (κ3) is 6.22. The Hall–Kier alpha value is -3.06. The molecule has 1 heterocycles. The molecule has 0 spiro atoms. The summed E-state index contributed by atoms with van der Waals surface area (Å²) in [6, 6.07) is 16.0. The summed E-state index contributed by atoms with van der Waals surface area (Å²) in [5.74, 6) is 1.37. The van der Waals surface area contributed by atoms with Crippen LogP contribution in [0.15, 0.2) is 53.5 Å². The van der Waals surface area contributed by atoms with Crippen molar-refractivity contribution in [2.75, 3.05) is 45.8 Å². The van der Waals surface area contributed by atoms with Crippen LogP contribution >= 0.6 is 0 Å².